The third-order valence-electron chi connectivity index (χ3n) is 4.76. The zero-order valence-corrected chi connectivity index (χ0v) is 22.1. The third-order valence-corrected chi connectivity index (χ3v) is 6.80. The fourth-order valence-corrected chi connectivity index (χ4v) is 4.82. The van der Waals surface area contributed by atoms with Crippen LogP contribution in [0.3, 0.4) is 0 Å². The molecule has 0 saturated heterocycles. The van der Waals surface area contributed by atoms with Crippen LogP contribution in [0.5, 0.6) is 11.5 Å². The van der Waals surface area contributed by atoms with E-state index in [9.17, 15) is 14.4 Å². The molecule has 2 heterocycles. The molecule has 1 aromatic carbocycles. The summed E-state index contributed by atoms with van der Waals surface area (Å²) in [7, 11) is 3.11. The average molecular weight is 535 g/mol. The van der Waals surface area contributed by atoms with Gasteiger partial charge in [0.05, 0.1) is 38.7 Å². The first-order chi connectivity index (χ1) is 17.3. The Morgan fingerprint density at radius 1 is 1.03 bits per heavy atom. The number of hydrogen-bond donors (Lipinski definition) is 2. The van der Waals surface area contributed by atoms with Crippen molar-refractivity contribution in [2.75, 3.05) is 38.5 Å². The molecule has 0 fully saturated rings. The number of H-pyrrole nitrogens is 1. The first-order valence-electron chi connectivity index (χ1n) is 10.9. The summed E-state index contributed by atoms with van der Waals surface area (Å²) >= 11 is 2.07. The number of aromatic nitrogens is 3. The van der Waals surface area contributed by atoms with Crippen LogP contribution in [0.2, 0.25) is 0 Å². The Morgan fingerprint density at radius 2 is 1.67 bits per heavy atom. The highest BCUT2D eigenvalue weighted by atomic mass is 32.2. The quantitative estimate of drug-likeness (QED) is 0.274. The van der Waals surface area contributed by atoms with Crippen LogP contribution < -0.4 is 14.8 Å². The number of amides is 1. The second kappa shape index (κ2) is 12.4. The molecule has 192 valence electrons. The number of anilines is 1. The van der Waals surface area contributed by atoms with E-state index in [0.717, 1.165) is 23.1 Å². The van der Waals surface area contributed by atoms with Crippen molar-refractivity contribution in [1.82, 2.24) is 15.2 Å². The summed E-state index contributed by atoms with van der Waals surface area (Å²) in [6.07, 6.45) is 0. The summed E-state index contributed by atoms with van der Waals surface area (Å²) in [6, 6.07) is 5.30. The highest BCUT2D eigenvalue weighted by Crippen LogP contribution is 2.35. The van der Waals surface area contributed by atoms with Crippen molar-refractivity contribution in [2.45, 2.75) is 25.9 Å². The second-order valence-corrected chi connectivity index (χ2v) is 9.07. The predicted molar refractivity (Wildman–Crippen MR) is 135 cm³/mol. The molecule has 0 spiro atoms. The van der Waals surface area contributed by atoms with Crippen molar-refractivity contribution in [3.05, 3.63) is 34.2 Å². The molecule has 3 aromatic rings. The molecule has 13 heteroatoms. The summed E-state index contributed by atoms with van der Waals surface area (Å²) in [5.74, 6) is 0.0386. The van der Waals surface area contributed by atoms with Gasteiger partial charge in [-0.2, -0.15) is 0 Å². The first-order valence-corrected chi connectivity index (χ1v) is 12.7. The Kier molecular flexibility index (Phi) is 9.31. The van der Waals surface area contributed by atoms with Gasteiger partial charge in [-0.3, -0.25) is 9.89 Å². The Bertz CT molecular complexity index is 1230. The molecule has 0 unspecified atom stereocenters. The van der Waals surface area contributed by atoms with E-state index in [4.69, 9.17) is 18.9 Å². The Balaban J connectivity index is 1.73. The van der Waals surface area contributed by atoms with Gasteiger partial charge in [0.2, 0.25) is 11.1 Å². The van der Waals surface area contributed by atoms with Crippen LogP contribution in [-0.2, 0) is 14.3 Å². The number of thiophene rings is 1. The van der Waals surface area contributed by atoms with Gasteiger partial charge in [0, 0.05) is 11.6 Å². The summed E-state index contributed by atoms with van der Waals surface area (Å²) in [4.78, 5) is 42.1. The number of ether oxygens (including phenoxy) is 4. The van der Waals surface area contributed by atoms with Gasteiger partial charge in [0.25, 0.3) is 0 Å². The Labute approximate surface area is 215 Å². The third kappa shape index (κ3) is 6.34. The lowest BCUT2D eigenvalue weighted by Gasteiger charge is -2.06. The number of carbonyl (C=O) groups is 3. The van der Waals surface area contributed by atoms with Gasteiger partial charge in [-0.1, -0.05) is 11.8 Å². The van der Waals surface area contributed by atoms with Crippen molar-refractivity contribution in [3.8, 4) is 22.9 Å². The van der Waals surface area contributed by atoms with E-state index in [1.54, 1.807) is 53.2 Å². The average Bonchev–Trinajstić information content (AvgIpc) is 3.47. The number of rotatable bonds is 11. The normalized spacial score (nSPS) is 10.6. The highest BCUT2D eigenvalue weighted by molar-refractivity contribution is 7.99. The first kappa shape index (κ1) is 27.0. The van der Waals surface area contributed by atoms with Crippen molar-refractivity contribution >= 4 is 45.9 Å². The molecular weight excluding hydrogens is 508 g/mol. The summed E-state index contributed by atoms with van der Waals surface area (Å²) < 4.78 is 20.7. The summed E-state index contributed by atoms with van der Waals surface area (Å²) in [5.41, 5.74) is 1.23. The number of carbonyl (C=O) groups excluding carboxylic acids is 3. The van der Waals surface area contributed by atoms with Crippen molar-refractivity contribution in [3.63, 3.8) is 0 Å². The molecule has 11 nitrogen and oxygen atoms in total. The van der Waals surface area contributed by atoms with E-state index in [0.29, 0.717) is 33.6 Å². The van der Waals surface area contributed by atoms with E-state index < -0.39 is 17.8 Å². The number of nitrogens with one attached hydrogen (secondary N) is 2. The monoisotopic (exact) mass is 534 g/mol. The highest BCUT2D eigenvalue weighted by Gasteiger charge is 2.27. The number of benzene rings is 1. The Morgan fingerprint density at radius 3 is 2.28 bits per heavy atom. The maximum atomic E-state index is 12.7. The molecule has 0 aliphatic heterocycles. The van der Waals surface area contributed by atoms with E-state index in [2.05, 4.69) is 20.5 Å². The molecule has 36 heavy (non-hydrogen) atoms. The van der Waals surface area contributed by atoms with Gasteiger partial charge < -0.3 is 24.3 Å². The second-order valence-electron chi connectivity index (χ2n) is 7.11. The summed E-state index contributed by atoms with van der Waals surface area (Å²) in [6.45, 7) is 5.31. The smallest absolute Gasteiger partial charge is 0.348 e. The molecule has 0 aliphatic rings. The number of nitrogens with zero attached hydrogens (tertiary/aromatic N) is 2. The molecule has 0 aliphatic carbocycles. The lowest BCUT2D eigenvalue weighted by molar-refractivity contribution is -0.113. The zero-order chi connectivity index (χ0) is 26.2. The molecule has 2 N–H and O–H groups in total. The molecule has 1 amide bonds. The van der Waals surface area contributed by atoms with Crippen LogP contribution in [-0.4, -0.2) is 66.2 Å². The predicted octanol–water partition coefficient (Wildman–Crippen LogP) is 3.94. The van der Waals surface area contributed by atoms with E-state index >= 15 is 0 Å². The van der Waals surface area contributed by atoms with Crippen LogP contribution in [0.15, 0.2) is 23.4 Å². The van der Waals surface area contributed by atoms with Crippen LogP contribution in [0.25, 0.3) is 11.4 Å². The molecule has 0 saturated carbocycles. The fraction of sp³-hybridized carbons (Fsp3) is 0.348. The van der Waals surface area contributed by atoms with Gasteiger partial charge >= 0.3 is 11.9 Å². The molecule has 2 aromatic heterocycles. The summed E-state index contributed by atoms with van der Waals surface area (Å²) in [5, 5.41) is 10.3. The Hall–Kier alpha value is -3.58. The largest absolute Gasteiger partial charge is 0.497 e. The molecule has 0 radical (unpaired) electrons. The van der Waals surface area contributed by atoms with Gasteiger partial charge in [0.1, 0.15) is 21.4 Å². The van der Waals surface area contributed by atoms with Crippen LogP contribution in [0, 0.1) is 6.92 Å². The molecule has 3 rings (SSSR count). The minimum atomic E-state index is -0.628. The zero-order valence-electron chi connectivity index (χ0n) is 20.4. The maximum absolute atomic E-state index is 12.7. The number of hydrogen-bond acceptors (Lipinski definition) is 11. The van der Waals surface area contributed by atoms with Crippen LogP contribution >= 0.6 is 23.1 Å². The standard InChI is InChI=1S/C23H26N4O7S2/c1-6-33-21(29)17-12(3)18(22(30)34-7-2)36-20(17)24-16(28)11-35-23-25-19(26-27-23)13-8-14(31-4)10-15(9-13)32-5/h8-10H,6-7,11H2,1-5H3,(H,24,28)(H,25,26,27). The lowest BCUT2D eigenvalue weighted by Crippen LogP contribution is -2.16. The van der Waals surface area contributed by atoms with Crippen molar-refractivity contribution in [1.29, 1.82) is 0 Å². The number of aromatic amines is 1. The van der Waals surface area contributed by atoms with E-state index in [1.165, 1.54) is 0 Å². The number of methoxy groups -OCH3 is 2. The van der Waals surface area contributed by atoms with Gasteiger partial charge in [-0.05, 0) is 38.5 Å². The maximum Gasteiger partial charge on any atom is 0.348 e. The lowest BCUT2D eigenvalue weighted by atomic mass is 10.1. The van der Waals surface area contributed by atoms with E-state index in [-0.39, 0.29) is 34.4 Å². The minimum Gasteiger partial charge on any atom is -0.497 e. The van der Waals surface area contributed by atoms with Crippen molar-refractivity contribution < 1.29 is 33.3 Å². The van der Waals surface area contributed by atoms with Crippen LogP contribution in [0.4, 0.5) is 5.00 Å². The topological polar surface area (TPSA) is 142 Å². The number of thioether (sulfide) groups is 1. The van der Waals surface area contributed by atoms with E-state index in [1.807, 2.05) is 0 Å². The van der Waals surface area contributed by atoms with Crippen LogP contribution in [0.1, 0.15) is 39.4 Å². The SMILES string of the molecule is CCOC(=O)c1sc(NC(=O)CSc2n[nH]c(-c3cc(OC)cc(OC)c3)n2)c(C(=O)OCC)c1C. The van der Waals surface area contributed by atoms with Gasteiger partial charge in [0.15, 0.2) is 5.82 Å². The molecule has 0 atom stereocenters. The molecule has 0 bridgehead atoms. The molecular formula is C23H26N4O7S2. The van der Waals surface area contributed by atoms with Crippen molar-refractivity contribution in [2.24, 2.45) is 0 Å². The minimum absolute atomic E-state index is 0.0350. The van der Waals surface area contributed by atoms with Gasteiger partial charge in [-0.15, -0.1) is 16.4 Å². The van der Waals surface area contributed by atoms with Gasteiger partial charge in [-0.25, -0.2) is 14.6 Å². The fourth-order valence-electron chi connectivity index (χ4n) is 3.12. The number of esters is 2.